The molecule has 1 N–H and O–H groups in total. The lowest BCUT2D eigenvalue weighted by Crippen LogP contribution is -2.42. The molecule has 0 unspecified atom stereocenters. The monoisotopic (exact) mass is 215 g/mol. The van der Waals surface area contributed by atoms with E-state index in [2.05, 4.69) is 27.2 Å². The van der Waals surface area contributed by atoms with Crippen LogP contribution in [0.15, 0.2) is 24.4 Å². The van der Waals surface area contributed by atoms with Gasteiger partial charge in [-0.1, -0.05) is 12.0 Å². The number of aromatic nitrogens is 1. The Balaban J connectivity index is 1.84. The van der Waals surface area contributed by atoms with Gasteiger partial charge in [-0.3, -0.25) is 0 Å². The van der Waals surface area contributed by atoms with Gasteiger partial charge in [0, 0.05) is 25.3 Å². The molecule has 1 aliphatic rings. The van der Waals surface area contributed by atoms with Gasteiger partial charge in [-0.15, -0.1) is 6.42 Å². The van der Waals surface area contributed by atoms with E-state index in [0.717, 1.165) is 31.7 Å². The molecule has 0 aliphatic carbocycles. The second-order valence-corrected chi connectivity index (χ2v) is 4.03. The first-order chi connectivity index (χ1) is 7.90. The third-order valence-corrected chi connectivity index (χ3v) is 2.96. The first-order valence-electron chi connectivity index (χ1n) is 5.73. The molecule has 3 heteroatoms. The van der Waals surface area contributed by atoms with Gasteiger partial charge in [-0.25, -0.2) is 4.98 Å². The van der Waals surface area contributed by atoms with Crippen LogP contribution in [0.3, 0.4) is 0 Å². The summed E-state index contributed by atoms with van der Waals surface area (Å²) < 4.78 is 0. The molecule has 1 aliphatic heterocycles. The Hall–Kier alpha value is -1.53. The van der Waals surface area contributed by atoms with Crippen molar-refractivity contribution in [3.05, 3.63) is 24.4 Å². The summed E-state index contributed by atoms with van der Waals surface area (Å²) in [5.74, 6) is 3.70. The quantitative estimate of drug-likeness (QED) is 0.770. The van der Waals surface area contributed by atoms with Crippen LogP contribution in [-0.2, 0) is 0 Å². The van der Waals surface area contributed by atoms with Crippen molar-refractivity contribution in [3.8, 4) is 12.3 Å². The maximum Gasteiger partial charge on any atom is 0.128 e. The van der Waals surface area contributed by atoms with Gasteiger partial charge in [0.1, 0.15) is 5.82 Å². The molecule has 0 radical (unpaired) electrons. The number of hydrogen-bond acceptors (Lipinski definition) is 3. The van der Waals surface area contributed by atoms with Crippen molar-refractivity contribution >= 4 is 5.82 Å². The van der Waals surface area contributed by atoms with Gasteiger partial charge < -0.3 is 10.2 Å². The van der Waals surface area contributed by atoms with E-state index in [9.17, 15) is 0 Å². The van der Waals surface area contributed by atoms with E-state index in [-0.39, 0.29) is 0 Å². The van der Waals surface area contributed by atoms with Crippen LogP contribution in [0.4, 0.5) is 5.82 Å². The minimum absolute atomic E-state index is 0.566. The molecule has 16 heavy (non-hydrogen) atoms. The third-order valence-electron chi connectivity index (χ3n) is 2.96. The van der Waals surface area contributed by atoms with Crippen LogP contribution in [0.25, 0.3) is 0 Å². The summed E-state index contributed by atoms with van der Waals surface area (Å²) in [5.41, 5.74) is 0. The average Bonchev–Trinajstić information content (AvgIpc) is 2.38. The third kappa shape index (κ3) is 2.74. The highest BCUT2D eigenvalue weighted by atomic mass is 15.2. The molecular formula is C13H17N3. The Bertz CT molecular complexity index is 347. The van der Waals surface area contributed by atoms with Gasteiger partial charge in [0.25, 0.3) is 0 Å². The van der Waals surface area contributed by atoms with Crippen molar-refractivity contribution in [1.82, 2.24) is 10.3 Å². The Kier molecular flexibility index (Phi) is 3.79. The zero-order chi connectivity index (χ0) is 11.2. The number of hydrogen-bond donors (Lipinski definition) is 1. The highest BCUT2D eigenvalue weighted by molar-refractivity contribution is 5.38. The minimum atomic E-state index is 0.566. The zero-order valence-corrected chi connectivity index (χ0v) is 9.39. The van der Waals surface area contributed by atoms with Gasteiger partial charge in [0.15, 0.2) is 0 Å². The summed E-state index contributed by atoms with van der Waals surface area (Å²) in [6.07, 6.45) is 9.35. The van der Waals surface area contributed by atoms with E-state index in [4.69, 9.17) is 6.42 Å². The summed E-state index contributed by atoms with van der Waals surface area (Å²) in [6.45, 7) is 2.78. The topological polar surface area (TPSA) is 28.2 Å². The van der Waals surface area contributed by atoms with Crippen molar-refractivity contribution < 1.29 is 0 Å². The Labute approximate surface area is 96.9 Å². The van der Waals surface area contributed by atoms with E-state index in [0.29, 0.717) is 12.6 Å². The molecule has 84 valence electrons. The number of piperidine rings is 1. The SMILES string of the molecule is C#CCNC1CCN(c2ccccn2)CC1. The number of terminal acetylenes is 1. The van der Waals surface area contributed by atoms with E-state index < -0.39 is 0 Å². The fourth-order valence-corrected chi connectivity index (χ4v) is 2.06. The van der Waals surface area contributed by atoms with Crippen molar-refractivity contribution in [3.63, 3.8) is 0 Å². The fraction of sp³-hybridized carbons (Fsp3) is 0.462. The molecule has 3 nitrogen and oxygen atoms in total. The largest absolute Gasteiger partial charge is 0.357 e. The second-order valence-electron chi connectivity index (χ2n) is 4.03. The zero-order valence-electron chi connectivity index (χ0n) is 9.39. The molecule has 0 atom stereocenters. The Morgan fingerprint density at radius 2 is 2.25 bits per heavy atom. The molecule has 0 saturated carbocycles. The predicted octanol–water partition coefficient (Wildman–Crippen LogP) is 1.27. The average molecular weight is 215 g/mol. The highest BCUT2D eigenvalue weighted by Gasteiger charge is 2.18. The number of rotatable bonds is 3. The van der Waals surface area contributed by atoms with E-state index in [1.165, 1.54) is 0 Å². The first kappa shape index (κ1) is 11.0. The Morgan fingerprint density at radius 1 is 1.44 bits per heavy atom. The van der Waals surface area contributed by atoms with Crippen LogP contribution in [-0.4, -0.2) is 30.7 Å². The molecule has 0 aromatic carbocycles. The molecule has 0 amide bonds. The van der Waals surface area contributed by atoms with E-state index in [1.807, 2.05) is 18.3 Å². The van der Waals surface area contributed by atoms with Gasteiger partial charge in [-0.2, -0.15) is 0 Å². The molecule has 1 aromatic heterocycles. The molecule has 0 bridgehead atoms. The highest BCUT2D eigenvalue weighted by Crippen LogP contribution is 2.16. The summed E-state index contributed by atoms with van der Waals surface area (Å²) in [6, 6.07) is 6.61. The van der Waals surface area contributed by atoms with Gasteiger partial charge in [-0.05, 0) is 25.0 Å². The van der Waals surface area contributed by atoms with Gasteiger partial charge in [0.2, 0.25) is 0 Å². The van der Waals surface area contributed by atoms with Crippen molar-refractivity contribution in [2.75, 3.05) is 24.5 Å². The molecule has 2 rings (SSSR count). The van der Waals surface area contributed by atoms with Crippen molar-refractivity contribution in [2.24, 2.45) is 0 Å². The van der Waals surface area contributed by atoms with Crippen LogP contribution in [0.1, 0.15) is 12.8 Å². The number of nitrogens with one attached hydrogen (secondary N) is 1. The first-order valence-corrected chi connectivity index (χ1v) is 5.73. The predicted molar refractivity (Wildman–Crippen MR) is 66.3 cm³/mol. The summed E-state index contributed by atoms with van der Waals surface area (Å²) in [4.78, 5) is 6.69. The summed E-state index contributed by atoms with van der Waals surface area (Å²) in [5, 5.41) is 3.36. The van der Waals surface area contributed by atoms with Crippen molar-refractivity contribution in [1.29, 1.82) is 0 Å². The second kappa shape index (κ2) is 5.53. The number of nitrogens with zero attached hydrogens (tertiary/aromatic N) is 2. The normalized spacial score (nSPS) is 17.1. The van der Waals surface area contributed by atoms with E-state index >= 15 is 0 Å². The molecule has 0 spiro atoms. The maximum absolute atomic E-state index is 5.23. The molecule has 1 saturated heterocycles. The van der Waals surface area contributed by atoms with Crippen LogP contribution < -0.4 is 10.2 Å². The van der Waals surface area contributed by atoms with E-state index in [1.54, 1.807) is 0 Å². The molecule has 2 heterocycles. The van der Waals surface area contributed by atoms with Crippen LogP contribution in [0, 0.1) is 12.3 Å². The van der Waals surface area contributed by atoms with Crippen LogP contribution in [0.5, 0.6) is 0 Å². The van der Waals surface area contributed by atoms with Crippen LogP contribution in [0.2, 0.25) is 0 Å². The lowest BCUT2D eigenvalue weighted by Gasteiger charge is -2.32. The maximum atomic E-state index is 5.23. The summed E-state index contributed by atoms with van der Waals surface area (Å²) in [7, 11) is 0. The lowest BCUT2D eigenvalue weighted by molar-refractivity contribution is 0.431. The number of pyridine rings is 1. The summed E-state index contributed by atoms with van der Waals surface area (Å²) >= 11 is 0. The Morgan fingerprint density at radius 3 is 2.88 bits per heavy atom. The van der Waals surface area contributed by atoms with Gasteiger partial charge in [0.05, 0.1) is 6.54 Å². The smallest absolute Gasteiger partial charge is 0.128 e. The minimum Gasteiger partial charge on any atom is -0.357 e. The lowest BCUT2D eigenvalue weighted by atomic mass is 10.1. The van der Waals surface area contributed by atoms with Gasteiger partial charge >= 0.3 is 0 Å². The van der Waals surface area contributed by atoms with Crippen LogP contribution >= 0.6 is 0 Å². The fourth-order valence-electron chi connectivity index (χ4n) is 2.06. The molecule has 1 aromatic rings. The number of anilines is 1. The van der Waals surface area contributed by atoms with Crippen molar-refractivity contribution in [2.45, 2.75) is 18.9 Å². The molecular weight excluding hydrogens is 198 g/mol. The molecule has 1 fully saturated rings. The standard InChI is InChI=1S/C13H17N3/c1-2-8-14-12-6-10-16(11-7-12)13-5-3-4-9-15-13/h1,3-5,9,12,14H,6-8,10-11H2.